The summed E-state index contributed by atoms with van der Waals surface area (Å²) in [5.74, 6) is 0.450. The molecule has 0 fully saturated rings. The predicted molar refractivity (Wildman–Crippen MR) is 71.8 cm³/mol. The summed E-state index contributed by atoms with van der Waals surface area (Å²) in [4.78, 5) is 11.4. The molecule has 0 spiro atoms. The summed E-state index contributed by atoms with van der Waals surface area (Å²) < 4.78 is 19.9. The Morgan fingerprint density at radius 3 is 2.63 bits per heavy atom. The largest absolute Gasteiger partial charge is 0.494 e. The average Bonchev–Trinajstić information content (AvgIpc) is 2.43. The zero-order valence-electron chi connectivity index (χ0n) is 10.6. The van der Waals surface area contributed by atoms with Crippen LogP contribution in [-0.2, 0) is 6.54 Å². The summed E-state index contributed by atoms with van der Waals surface area (Å²) in [6.45, 7) is 1.10. The lowest BCUT2D eigenvalue weighted by molar-refractivity contribution is 0.302. The number of para-hydroxylation sites is 1. The van der Waals surface area contributed by atoms with E-state index >= 15 is 0 Å². The molecular weight excluding hydrogens is 245 g/mol. The summed E-state index contributed by atoms with van der Waals surface area (Å²) in [5, 5.41) is 0. The van der Waals surface area contributed by atoms with E-state index in [1.54, 1.807) is 0 Å². The van der Waals surface area contributed by atoms with Crippen molar-refractivity contribution in [1.29, 1.82) is 0 Å². The highest BCUT2D eigenvalue weighted by atomic mass is 19.1. The van der Waals surface area contributed by atoms with E-state index in [0.717, 1.165) is 18.6 Å². The summed E-state index contributed by atoms with van der Waals surface area (Å²) in [7, 11) is 0. The maximum atomic E-state index is 13.0. The van der Waals surface area contributed by atoms with Gasteiger partial charge in [-0.05, 0) is 31.0 Å². The molecule has 0 saturated heterocycles. The van der Waals surface area contributed by atoms with Crippen LogP contribution in [0.3, 0.4) is 0 Å². The fourth-order valence-electron chi connectivity index (χ4n) is 1.77. The summed E-state index contributed by atoms with van der Waals surface area (Å²) in [6, 6.07) is 12.0. The fraction of sp³-hybridized carbons (Fsp3) is 0.267. The van der Waals surface area contributed by atoms with Crippen LogP contribution in [0, 0.1) is 5.82 Å². The van der Waals surface area contributed by atoms with Crippen LogP contribution in [0.25, 0.3) is 0 Å². The highest BCUT2D eigenvalue weighted by Crippen LogP contribution is 2.08. The second kappa shape index (κ2) is 6.73. The van der Waals surface area contributed by atoms with Gasteiger partial charge in [0.25, 0.3) is 5.56 Å². The molecule has 0 aliphatic carbocycles. The van der Waals surface area contributed by atoms with Crippen LogP contribution < -0.4 is 10.3 Å². The number of ether oxygens (including phenoxy) is 1. The van der Waals surface area contributed by atoms with Crippen LogP contribution >= 0.6 is 0 Å². The number of hydrogen-bond donors (Lipinski definition) is 0. The number of nitrogens with zero attached hydrogens (tertiary/aromatic N) is 1. The number of halogens is 1. The van der Waals surface area contributed by atoms with Gasteiger partial charge in [-0.25, -0.2) is 4.39 Å². The van der Waals surface area contributed by atoms with Gasteiger partial charge in [0.15, 0.2) is 0 Å². The Bertz CT molecular complexity index is 566. The molecule has 0 radical (unpaired) electrons. The lowest BCUT2D eigenvalue weighted by Crippen LogP contribution is -2.19. The van der Waals surface area contributed by atoms with Gasteiger partial charge in [0.2, 0.25) is 0 Å². The van der Waals surface area contributed by atoms with E-state index in [1.165, 1.54) is 22.9 Å². The van der Waals surface area contributed by atoms with E-state index in [-0.39, 0.29) is 11.4 Å². The molecule has 3 nitrogen and oxygen atoms in total. The maximum Gasteiger partial charge on any atom is 0.250 e. The molecule has 0 amide bonds. The fourth-order valence-corrected chi connectivity index (χ4v) is 1.77. The van der Waals surface area contributed by atoms with Crippen molar-refractivity contribution in [3.05, 3.63) is 64.8 Å². The maximum absolute atomic E-state index is 13.0. The standard InChI is InChI=1S/C15H16FNO2/c16-13-8-9-15(18)17(12-13)10-4-5-11-19-14-6-2-1-3-7-14/h1-3,6-9,12H,4-5,10-11H2. The molecule has 0 saturated carbocycles. The van der Waals surface area contributed by atoms with Crippen molar-refractivity contribution in [1.82, 2.24) is 4.57 Å². The second-order valence-corrected chi connectivity index (χ2v) is 4.25. The number of benzene rings is 1. The molecule has 1 aromatic heterocycles. The molecule has 0 atom stereocenters. The van der Waals surface area contributed by atoms with Crippen molar-refractivity contribution in [3.63, 3.8) is 0 Å². The van der Waals surface area contributed by atoms with Crippen LogP contribution in [0.4, 0.5) is 4.39 Å². The van der Waals surface area contributed by atoms with Crippen LogP contribution in [0.2, 0.25) is 0 Å². The van der Waals surface area contributed by atoms with E-state index in [2.05, 4.69) is 0 Å². The van der Waals surface area contributed by atoms with Gasteiger partial charge in [-0.15, -0.1) is 0 Å². The van der Waals surface area contributed by atoms with Crippen molar-refractivity contribution >= 4 is 0 Å². The molecule has 1 aromatic carbocycles. The van der Waals surface area contributed by atoms with E-state index in [9.17, 15) is 9.18 Å². The van der Waals surface area contributed by atoms with Crippen LogP contribution in [0.15, 0.2) is 53.5 Å². The van der Waals surface area contributed by atoms with Gasteiger partial charge in [0, 0.05) is 18.8 Å². The van der Waals surface area contributed by atoms with Gasteiger partial charge >= 0.3 is 0 Å². The third-order valence-electron chi connectivity index (χ3n) is 2.75. The summed E-state index contributed by atoms with van der Waals surface area (Å²) in [6.07, 6.45) is 2.83. The second-order valence-electron chi connectivity index (χ2n) is 4.25. The van der Waals surface area contributed by atoms with Crippen LogP contribution in [0.1, 0.15) is 12.8 Å². The van der Waals surface area contributed by atoms with E-state index in [4.69, 9.17) is 4.74 Å². The highest BCUT2D eigenvalue weighted by Gasteiger charge is 1.98. The monoisotopic (exact) mass is 261 g/mol. The molecule has 4 heteroatoms. The molecule has 0 bridgehead atoms. The Hall–Kier alpha value is -2.10. The topological polar surface area (TPSA) is 31.2 Å². The first-order valence-electron chi connectivity index (χ1n) is 6.29. The van der Waals surface area contributed by atoms with Crippen molar-refractivity contribution < 1.29 is 9.13 Å². The Morgan fingerprint density at radius 2 is 1.84 bits per heavy atom. The average molecular weight is 261 g/mol. The zero-order valence-corrected chi connectivity index (χ0v) is 10.6. The van der Waals surface area contributed by atoms with E-state index < -0.39 is 0 Å². The highest BCUT2D eigenvalue weighted by molar-refractivity contribution is 5.20. The number of unbranched alkanes of at least 4 members (excludes halogenated alkanes) is 1. The number of hydrogen-bond acceptors (Lipinski definition) is 2. The molecule has 0 aliphatic rings. The minimum atomic E-state index is -0.389. The number of rotatable bonds is 6. The van der Waals surface area contributed by atoms with Gasteiger partial charge in [-0.1, -0.05) is 18.2 Å². The molecule has 0 aliphatic heterocycles. The van der Waals surface area contributed by atoms with Gasteiger partial charge in [0.1, 0.15) is 11.6 Å². The first-order valence-corrected chi connectivity index (χ1v) is 6.29. The first-order chi connectivity index (χ1) is 9.25. The lowest BCUT2D eigenvalue weighted by atomic mass is 10.3. The molecule has 19 heavy (non-hydrogen) atoms. The summed E-state index contributed by atoms with van der Waals surface area (Å²) in [5.41, 5.74) is -0.176. The first kappa shape index (κ1) is 13.3. The molecule has 0 unspecified atom stereocenters. The molecule has 2 aromatic rings. The minimum absolute atomic E-state index is 0.176. The normalized spacial score (nSPS) is 10.4. The van der Waals surface area contributed by atoms with Gasteiger partial charge < -0.3 is 9.30 Å². The van der Waals surface area contributed by atoms with Gasteiger partial charge in [-0.3, -0.25) is 4.79 Å². The van der Waals surface area contributed by atoms with Crippen molar-refractivity contribution in [2.45, 2.75) is 19.4 Å². The van der Waals surface area contributed by atoms with Crippen LogP contribution in [-0.4, -0.2) is 11.2 Å². The molecule has 100 valence electrons. The molecule has 1 heterocycles. The quantitative estimate of drug-likeness (QED) is 0.749. The third kappa shape index (κ3) is 4.25. The number of aryl methyl sites for hydroxylation is 1. The smallest absolute Gasteiger partial charge is 0.250 e. The Labute approximate surface area is 111 Å². The lowest BCUT2D eigenvalue weighted by Gasteiger charge is -2.07. The van der Waals surface area contributed by atoms with E-state index in [0.29, 0.717) is 13.2 Å². The molecule has 0 N–H and O–H groups in total. The zero-order chi connectivity index (χ0) is 13.5. The Balaban J connectivity index is 1.72. The van der Waals surface area contributed by atoms with Crippen molar-refractivity contribution in [3.8, 4) is 5.75 Å². The Kier molecular flexibility index (Phi) is 4.72. The predicted octanol–water partition coefficient (Wildman–Crippen LogP) is 2.85. The van der Waals surface area contributed by atoms with Crippen molar-refractivity contribution in [2.75, 3.05) is 6.61 Å². The molecule has 2 rings (SSSR count). The van der Waals surface area contributed by atoms with Crippen molar-refractivity contribution in [2.24, 2.45) is 0 Å². The third-order valence-corrected chi connectivity index (χ3v) is 2.75. The van der Waals surface area contributed by atoms with E-state index in [1.807, 2.05) is 30.3 Å². The Morgan fingerprint density at radius 1 is 1.05 bits per heavy atom. The summed E-state index contributed by atoms with van der Waals surface area (Å²) >= 11 is 0. The van der Waals surface area contributed by atoms with Crippen LogP contribution in [0.5, 0.6) is 5.75 Å². The minimum Gasteiger partial charge on any atom is -0.494 e. The van der Waals surface area contributed by atoms with Gasteiger partial charge in [0.05, 0.1) is 6.61 Å². The SMILES string of the molecule is O=c1ccc(F)cn1CCCCOc1ccccc1. The van der Waals surface area contributed by atoms with Gasteiger partial charge in [-0.2, -0.15) is 0 Å². The number of aromatic nitrogens is 1. The molecular formula is C15H16FNO2. The number of pyridine rings is 1.